The van der Waals surface area contributed by atoms with Gasteiger partial charge in [-0.25, -0.2) is 13.6 Å². The van der Waals surface area contributed by atoms with Gasteiger partial charge in [-0.15, -0.1) is 0 Å². The normalized spacial score (nSPS) is 17.2. The van der Waals surface area contributed by atoms with Crippen LogP contribution in [0.5, 0.6) is 0 Å². The topological polar surface area (TPSA) is 87.5 Å². The molecule has 0 bridgehead atoms. The molecule has 1 atom stereocenters. The molecule has 1 aliphatic rings. The summed E-state index contributed by atoms with van der Waals surface area (Å²) in [7, 11) is 1.59. The third-order valence-electron chi connectivity index (χ3n) is 4.33. The molecule has 26 heavy (non-hydrogen) atoms. The van der Waals surface area contributed by atoms with Gasteiger partial charge in [0.15, 0.2) is 0 Å². The smallest absolute Gasteiger partial charge is 0.323 e. The van der Waals surface area contributed by atoms with Crippen LogP contribution in [0.2, 0.25) is 0 Å². The number of aromatic nitrogens is 2. The highest BCUT2D eigenvalue weighted by molar-refractivity contribution is 5.89. The number of amides is 2. The summed E-state index contributed by atoms with van der Waals surface area (Å²) in [4.78, 5) is 25.0. The Morgan fingerprint density at radius 1 is 1.23 bits per heavy atom. The van der Waals surface area contributed by atoms with E-state index in [0.717, 1.165) is 18.2 Å². The number of aryl methyl sites for hydroxylation is 1. The molecule has 2 amide bonds. The summed E-state index contributed by atoms with van der Waals surface area (Å²) in [6, 6.07) is 4.14. The van der Waals surface area contributed by atoms with Crippen LogP contribution in [0, 0.1) is 17.6 Å². The molecule has 2 heterocycles. The van der Waals surface area contributed by atoms with Crippen molar-refractivity contribution in [2.45, 2.75) is 12.8 Å². The Balaban J connectivity index is 1.75. The molecule has 1 unspecified atom stereocenters. The number of anilines is 1. The lowest BCUT2D eigenvalue weighted by atomic mass is 9.99. The maximum Gasteiger partial charge on any atom is 0.323 e. The molecule has 138 valence electrons. The summed E-state index contributed by atoms with van der Waals surface area (Å²) in [5.41, 5.74) is 0.561. The molecule has 1 saturated heterocycles. The van der Waals surface area contributed by atoms with Gasteiger partial charge in [0.2, 0.25) is 0 Å². The van der Waals surface area contributed by atoms with Crippen LogP contribution < -0.4 is 5.32 Å². The molecule has 1 aromatic heterocycles. The Kier molecular flexibility index (Phi) is 4.88. The van der Waals surface area contributed by atoms with Gasteiger partial charge in [-0.1, -0.05) is 0 Å². The van der Waals surface area contributed by atoms with Gasteiger partial charge in [0, 0.05) is 37.8 Å². The largest absolute Gasteiger partial charge is 0.481 e. The van der Waals surface area contributed by atoms with Crippen molar-refractivity contribution in [2.24, 2.45) is 13.0 Å². The van der Waals surface area contributed by atoms with Crippen LogP contribution in [0.3, 0.4) is 0 Å². The van der Waals surface area contributed by atoms with Crippen molar-refractivity contribution >= 4 is 17.8 Å². The van der Waals surface area contributed by atoms with Crippen molar-refractivity contribution < 1.29 is 23.5 Å². The average Bonchev–Trinajstić information content (AvgIpc) is 2.95. The molecule has 1 aliphatic heterocycles. The van der Waals surface area contributed by atoms with E-state index in [9.17, 15) is 18.4 Å². The van der Waals surface area contributed by atoms with Gasteiger partial charge in [0.1, 0.15) is 17.5 Å². The van der Waals surface area contributed by atoms with E-state index in [1.165, 1.54) is 15.6 Å². The fourth-order valence-corrected chi connectivity index (χ4v) is 2.98. The molecule has 0 saturated carbocycles. The Labute approximate surface area is 148 Å². The monoisotopic (exact) mass is 364 g/mol. The minimum Gasteiger partial charge on any atom is -0.481 e. The zero-order chi connectivity index (χ0) is 18.8. The third kappa shape index (κ3) is 3.81. The highest BCUT2D eigenvalue weighted by atomic mass is 19.1. The summed E-state index contributed by atoms with van der Waals surface area (Å²) in [5, 5.41) is 15.9. The number of likely N-dealkylation sites (tertiary alicyclic amines) is 1. The number of carbonyl (C=O) groups is 2. The van der Waals surface area contributed by atoms with Crippen molar-refractivity contribution in [3.05, 3.63) is 35.9 Å². The molecule has 2 aromatic rings. The minimum atomic E-state index is -0.918. The van der Waals surface area contributed by atoms with E-state index < -0.39 is 29.6 Å². The second-order valence-electron chi connectivity index (χ2n) is 6.25. The predicted octanol–water partition coefficient (Wildman–Crippen LogP) is 2.69. The van der Waals surface area contributed by atoms with E-state index in [2.05, 4.69) is 10.4 Å². The summed E-state index contributed by atoms with van der Waals surface area (Å²) >= 11 is 0. The van der Waals surface area contributed by atoms with Crippen molar-refractivity contribution in [3.8, 4) is 11.3 Å². The van der Waals surface area contributed by atoms with Gasteiger partial charge >= 0.3 is 12.0 Å². The Hall–Kier alpha value is -2.97. The number of carbonyl (C=O) groups excluding carboxylic acids is 1. The second kappa shape index (κ2) is 7.11. The minimum absolute atomic E-state index is 0.140. The number of rotatable bonds is 3. The van der Waals surface area contributed by atoms with Crippen molar-refractivity contribution in [3.63, 3.8) is 0 Å². The van der Waals surface area contributed by atoms with E-state index in [0.29, 0.717) is 30.9 Å². The lowest BCUT2D eigenvalue weighted by Gasteiger charge is -2.30. The van der Waals surface area contributed by atoms with Crippen LogP contribution in [0.25, 0.3) is 11.3 Å². The van der Waals surface area contributed by atoms with Crippen LogP contribution in [0.4, 0.5) is 19.4 Å². The van der Waals surface area contributed by atoms with E-state index in [1.54, 1.807) is 7.05 Å². The molecule has 0 radical (unpaired) electrons. The van der Waals surface area contributed by atoms with Gasteiger partial charge in [-0.05, 0) is 25.0 Å². The Morgan fingerprint density at radius 2 is 1.92 bits per heavy atom. The van der Waals surface area contributed by atoms with Crippen molar-refractivity contribution in [1.82, 2.24) is 14.7 Å². The first kappa shape index (κ1) is 17.8. The lowest BCUT2D eigenvalue weighted by molar-refractivity contribution is -0.143. The summed E-state index contributed by atoms with van der Waals surface area (Å²) in [6.45, 7) is 0.608. The number of carboxylic acids is 1. The number of piperidine rings is 1. The molecule has 0 aliphatic carbocycles. The summed E-state index contributed by atoms with van der Waals surface area (Å²) in [6.07, 6.45) is 1.16. The quantitative estimate of drug-likeness (QED) is 0.877. The molecule has 3 rings (SSSR count). The van der Waals surface area contributed by atoms with Gasteiger partial charge in [-0.3, -0.25) is 14.8 Å². The number of nitrogens with zero attached hydrogens (tertiary/aromatic N) is 3. The highest BCUT2D eigenvalue weighted by Crippen LogP contribution is 2.24. The molecular formula is C17H18F2N4O3. The number of urea groups is 1. The van der Waals surface area contributed by atoms with Crippen molar-refractivity contribution in [2.75, 3.05) is 18.4 Å². The van der Waals surface area contributed by atoms with Crippen LogP contribution in [0.15, 0.2) is 24.3 Å². The van der Waals surface area contributed by atoms with E-state index in [4.69, 9.17) is 5.11 Å². The second-order valence-corrected chi connectivity index (χ2v) is 6.25. The van der Waals surface area contributed by atoms with Gasteiger partial charge in [0.25, 0.3) is 0 Å². The van der Waals surface area contributed by atoms with Gasteiger partial charge in [-0.2, -0.15) is 5.10 Å². The SMILES string of the molecule is Cn1nc(-c2cc(F)cc(F)c2)cc1NC(=O)N1CCCC(C(=O)O)C1. The number of aliphatic carboxylic acids is 1. The molecule has 7 nitrogen and oxygen atoms in total. The summed E-state index contributed by atoms with van der Waals surface area (Å²) in [5.74, 6) is -2.59. The first-order chi connectivity index (χ1) is 12.3. The average molecular weight is 364 g/mol. The number of hydrogen-bond donors (Lipinski definition) is 2. The summed E-state index contributed by atoms with van der Waals surface area (Å²) < 4.78 is 28.1. The number of halogens is 2. The first-order valence-electron chi connectivity index (χ1n) is 8.12. The molecular weight excluding hydrogens is 346 g/mol. The lowest BCUT2D eigenvalue weighted by Crippen LogP contribution is -2.44. The maximum atomic E-state index is 13.4. The van der Waals surface area contributed by atoms with Crippen molar-refractivity contribution in [1.29, 1.82) is 0 Å². The number of hydrogen-bond acceptors (Lipinski definition) is 3. The molecule has 9 heteroatoms. The first-order valence-corrected chi connectivity index (χ1v) is 8.12. The molecule has 1 fully saturated rings. The Morgan fingerprint density at radius 3 is 2.58 bits per heavy atom. The van der Waals surface area contributed by atoms with E-state index in [1.807, 2.05) is 0 Å². The fraction of sp³-hybridized carbons (Fsp3) is 0.353. The number of benzene rings is 1. The predicted molar refractivity (Wildman–Crippen MR) is 89.5 cm³/mol. The van der Waals surface area contributed by atoms with E-state index in [-0.39, 0.29) is 12.1 Å². The standard InChI is InChI=1S/C17H18F2N4O3/c1-22-15(8-14(21-22)11-5-12(18)7-13(19)6-11)20-17(26)23-4-2-3-10(9-23)16(24)25/h5-8,10H,2-4,9H2,1H3,(H,20,26)(H,24,25). The van der Waals surface area contributed by atoms with Crippen LogP contribution in [0.1, 0.15) is 12.8 Å². The van der Waals surface area contributed by atoms with Gasteiger partial charge in [0.05, 0.1) is 11.6 Å². The number of nitrogens with one attached hydrogen (secondary N) is 1. The van der Waals surface area contributed by atoms with E-state index >= 15 is 0 Å². The Bertz CT molecular complexity index is 832. The zero-order valence-corrected chi connectivity index (χ0v) is 14.1. The molecule has 1 aromatic carbocycles. The van der Waals surface area contributed by atoms with Gasteiger partial charge < -0.3 is 10.0 Å². The van der Waals surface area contributed by atoms with Crippen LogP contribution >= 0.6 is 0 Å². The third-order valence-corrected chi connectivity index (χ3v) is 4.33. The van der Waals surface area contributed by atoms with Crippen LogP contribution in [-0.2, 0) is 11.8 Å². The molecule has 2 N–H and O–H groups in total. The number of carboxylic acid groups (broad SMARTS) is 1. The fourth-order valence-electron chi connectivity index (χ4n) is 2.98. The van der Waals surface area contributed by atoms with Crippen LogP contribution in [-0.4, -0.2) is 44.9 Å². The highest BCUT2D eigenvalue weighted by Gasteiger charge is 2.28. The maximum absolute atomic E-state index is 13.4. The zero-order valence-electron chi connectivity index (χ0n) is 14.1. The molecule has 0 spiro atoms.